The minimum absolute atomic E-state index is 0.366. The van der Waals surface area contributed by atoms with Crippen LogP contribution >= 0.6 is 0 Å². The van der Waals surface area contributed by atoms with E-state index in [-0.39, 0.29) is 0 Å². The van der Waals surface area contributed by atoms with E-state index in [2.05, 4.69) is 18.7 Å². The van der Waals surface area contributed by atoms with E-state index in [0.29, 0.717) is 25.2 Å². The normalized spacial score (nSPS) is 22.8. The molecule has 0 aliphatic carbocycles. The van der Waals surface area contributed by atoms with Gasteiger partial charge >= 0.3 is 0 Å². The van der Waals surface area contributed by atoms with Gasteiger partial charge < -0.3 is 14.6 Å². The van der Waals surface area contributed by atoms with E-state index in [1.54, 1.807) is 0 Å². The molecule has 116 valence electrons. The highest BCUT2D eigenvalue weighted by Crippen LogP contribution is 2.34. The largest absolute Gasteiger partial charge is 0.490 e. The van der Waals surface area contributed by atoms with Crippen molar-refractivity contribution in [2.45, 2.75) is 32.8 Å². The third-order valence-electron chi connectivity index (χ3n) is 4.34. The molecule has 0 aromatic heterocycles. The summed E-state index contributed by atoms with van der Waals surface area (Å²) >= 11 is 0. The Hall–Kier alpha value is -1.26. The molecule has 2 aliphatic rings. The van der Waals surface area contributed by atoms with Gasteiger partial charge in [0, 0.05) is 19.5 Å². The number of hydrogen-bond donors (Lipinski definition) is 1. The predicted molar refractivity (Wildman–Crippen MR) is 81.8 cm³/mol. The number of hydrogen-bond acceptors (Lipinski definition) is 4. The fraction of sp³-hybridized carbons (Fsp3) is 0.647. The summed E-state index contributed by atoms with van der Waals surface area (Å²) in [4.78, 5) is 2.34. The van der Waals surface area contributed by atoms with Gasteiger partial charge in [0.05, 0.1) is 19.3 Å². The van der Waals surface area contributed by atoms with E-state index >= 15 is 0 Å². The van der Waals surface area contributed by atoms with Crippen LogP contribution in [0, 0.1) is 5.41 Å². The molecule has 1 aromatic carbocycles. The maximum Gasteiger partial charge on any atom is 0.161 e. The van der Waals surface area contributed by atoms with Crippen molar-refractivity contribution in [3.8, 4) is 11.5 Å². The number of aliphatic hydroxyl groups is 1. The minimum Gasteiger partial charge on any atom is -0.490 e. The molecule has 21 heavy (non-hydrogen) atoms. The van der Waals surface area contributed by atoms with Gasteiger partial charge in [-0.15, -0.1) is 0 Å². The molecular weight excluding hydrogens is 266 g/mol. The number of ether oxygens (including phenoxy) is 2. The molecule has 4 heteroatoms. The molecule has 0 amide bonds. The molecule has 2 aliphatic heterocycles. The summed E-state index contributed by atoms with van der Waals surface area (Å²) in [6.45, 7) is 8.73. The van der Waals surface area contributed by atoms with Crippen molar-refractivity contribution >= 4 is 0 Å². The molecule has 0 radical (unpaired) electrons. The number of nitrogens with zero attached hydrogens (tertiary/aromatic N) is 1. The second kappa shape index (κ2) is 5.85. The lowest BCUT2D eigenvalue weighted by Gasteiger charge is -2.23. The van der Waals surface area contributed by atoms with E-state index < -0.39 is 6.10 Å². The summed E-state index contributed by atoms with van der Waals surface area (Å²) < 4.78 is 11.3. The Labute approximate surface area is 126 Å². The molecule has 1 atom stereocenters. The van der Waals surface area contributed by atoms with Gasteiger partial charge in [0.2, 0.25) is 0 Å². The third kappa shape index (κ3) is 3.50. The second-order valence-electron chi connectivity index (χ2n) is 6.92. The van der Waals surface area contributed by atoms with Crippen LogP contribution in [0.15, 0.2) is 18.2 Å². The van der Waals surface area contributed by atoms with E-state index in [0.717, 1.165) is 36.6 Å². The van der Waals surface area contributed by atoms with Gasteiger partial charge in [0.15, 0.2) is 11.5 Å². The highest BCUT2D eigenvalue weighted by molar-refractivity contribution is 5.44. The average molecular weight is 291 g/mol. The molecule has 0 spiro atoms. The first kappa shape index (κ1) is 14.7. The Morgan fingerprint density at radius 3 is 2.71 bits per heavy atom. The zero-order chi connectivity index (χ0) is 14.9. The van der Waals surface area contributed by atoms with Crippen molar-refractivity contribution in [1.29, 1.82) is 0 Å². The Kier molecular flexibility index (Phi) is 4.09. The zero-order valence-corrected chi connectivity index (χ0v) is 13.0. The molecule has 0 bridgehead atoms. The molecule has 1 fully saturated rings. The highest BCUT2D eigenvalue weighted by atomic mass is 16.5. The molecular formula is C17H25NO3. The third-order valence-corrected chi connectivity index (χ3v) is 4.34. The average Bonchev–Trinajstić information content (AvgIpc) is 2.65. The van der Waals surface area contributed by atoms with Crippen LogP contribution in [0.3, 0.4) is 0 Å². The van der Waals surface area contributed by atoms with E-state index in [9.17, 15) is 5.11 Å². The van der Waals surface area contributed by atoms with Gasteiger partial charge in [-0.05, 0) is 36.1 Å². The first-order valence-electron chi connectivity index (χ1n) is 7.83. The molecule has 2 heterocycles. The quantitative estimate of drug-likeness (QED) is 0.929. The van der Waals surface area contributed by atoms with Gasteiger partial charge in [-0.25, -0.2) is 0 Å². The van der Waals surface area contributed by atoms with Crippen LogP contribution in [0.4, 0.5) is 0 Å². The lowest BCUT2D eigenvalue weighted by atomic mass is 9.93. The summed E-state index contributed by atoms with van der Waals surface area (Å²) in [5.74, 6) is 1.54. The smallest absolute Gasteiger partial charge is 0.161 e. The number of benzene rings is 1. The van der Waals surface area contributed by atoms with Crippen LogP contribution in [0.25, 0.3) is 0 Å². The van der Waals surface area contributed by atoms with Gasteiger partial charge in [-0.2, -0.15) is 0 Å². The summed E-state index contributed by atoms with van der Waals surface area (Å²) in [6.07, 6.45) is 1.62. The Morgan fingerprint density at radius 2 is 2.00 bits per heavy atom. The van der Waals surface area contributed by atoms with Crippen molar-refractivity contribution in [2.75, 3.05) is 32.8 Å². The monoisotopic (exact) mass is 291 g/mol. The molecule has 0 saturated carbocycles. The topological polar surface area (TPSA) is 41.9 Å². The second-order valence-corrected chi connectivity index (χ2v) is 6.92. The number of rotatable bonds is 3. The Bertz CT molecular complexity index is 501. The predicted octanol–water partition coefficient (Wildman–Crippen LogP) is 2.61. The van der Waals surface area contributed by atoms with Crippen molar-refractivity contribution in [1.82, 2.24) is 4.90 Å². The first-order valence-corrected chi connectivity index (χ1v) is 7.83. The summed E-state index contributed by atoms with van der Waals surface area (Å²) in [6, 6.07) is 5.78. The maximum absolute atomic E-state index is 10.5. The van der Waals surface area contributed by atoms with Gasteiger partial charge in [0.1, 0.15) is 0 Å². The Balaban J connectivity index is 1.67. The number of likely N-dealkylation sites (tertiary alicyclic amines) is 1. The molecule has 4 nitrogen and oxygen atoms in total. The number of aliphatic hydroxyl groups excluding tert-OH is 1. The SMILES string of the molecule is CC1(C)CCN(CC(O)c2ccc3c(c2)OCCCO3)C1. The van der Waals surface area contributed by atoms with Crippen molar-refractivity contribution in [3.63, 3.8) is 0 Å². The van der Waals surface area contributed by atoms with Crippen LogP contribution in [0.5, 0.6) is 11.5 Å². The van der Waals surface area contributed by atoms with Crippen LogP contribution < -0.4 is 9.47 Å². The molecule has 1 aromatic rings. The molecule has 3 rings (SSSR count). The van der Waals surface area contributed by atoms with Crippen LogP contribution in [-0.4, -0.2) is 42.9 Å². The zero-order valence-electron chi connectivity index (χ0n) is 13.0. The van der Waals surface area contributed by atoms with E-state index in [1.807, 2.05) is 18.2 Å². The summed E-state index contributed by atoms with van der Waals surface area (Å²) in [7, 11) is 0. The van der Waals surface area contributed by atoms with Crippen molar-refractivity contribution in [2.24, 2.45) is 5.41 Å². The van der Waals surface area contributed by atoms with Crippen LogP contribution in [0.2, 0.25) is 0 Å². The minimum atomic E-state index is -0.476. The lowest BCUT2D eigenvalue weighted by molar-refractivity contribution is 0.120. The summed E-state index contributed by atoms with van der Waals surface area (Å²) in [5, 5.41) is 10.5. The number of β-amino-alcohol motifs (C(OH)–C–C–N with tert-alkyl or cyclic N) is 1. The van der Waals surface area contributed by atoms with Crippen LogP contribution in [-0.2, 0) is 0 Å². The standard InChI is InChI=1S/C17H25NO3/c1-17(2)6-7-18(12-17)11-14(19)13-4-5-15-16(10-13)21-9-3-8-20-15/h4-5,10,14,19H,3,6-9,11-12H2,1-2H3. The van der Waals surface area contributed by atoms with Gasteiger partial charge in [-0.1, -0.05) is 19.9 Å². The fourth-order valence-electron chi connectivity index (χ4n) is 3.12. The van der Waals surface area contributed by atoms with Gasteiger partial charge in [-0.3, -0.25) is 4.90 Å². The van der Waals surface area contributed by atoms with Gasteiger partial charge in [0.25, 0.3) is 0 Å². The number of fused-ring (bicyclic) bond motifs is 1. The highest BCUT2D eigenvalue weighted by Gasteiger charge is 2.30. The lowest BCUT2D eigenvalue weighted by Crippen LogP contribution is -2.28. The maximum atomic E-state index is 10.5. The Morgan fingerprint density at radius 1 is 1.24 bits per heavy atom. The van der Waals surface area contributed by atoms with Crippen LogP contribution in [0.1, 0.15) is 38.4 Å². The van der Waals surface area contributed by atoms with Crippen molar-refractivity contribution < 1.29 is 14.6 Å². The molecule has 1 saturated heterocycles. The molecule has 1 N–H and O–H groups in total. The molecule has 1 unspecified atom stereocenters. The van der Waals surface area contributed by atoms with E-state index in [4.69, 9.17) is 9.47 Å². The summed E-state index contributed by atoms with van der Waals surface area (Å²) in [5.41, 5.74) is 1.27. The fourth-order valence-corrected chi connectivity index (χ4v) is 3.12. The van der Waals surface area contributed by atoms with E-state index in [1.165, 1.54) is 6.42 Å². The van der Waals surface area contributed by atoms with Crippen molar-refractivity contribution in [3.05, 3.63) is 23.8 Å². The first-order chi connectivity index (χ1) is 10.0.